The van der Waals surface area contributed by atoms with E-state index in [1.54, 1.807) is 23.5 Å². The minimum atomic E-state index is -4.67. The molecule has 22 nitrogen and oxygen atoms in total. The second-order valence-electron chi connectivity index (χ2n) is 20.8. The first-order valence-corrected chi connectivity index (χ1v) is 34.1. The molecule has 3 saturated heterocycles. The second kappa shape index (κ2) is 23.1. The molecule has 3 aliphatic rings. The summed E-state index contributed by atoms with van der Waals surface area (Å²) in [4.78, 5) is 2.31. The van der Waals surface area contributed by atoms with Gasteiger partial charge in [-0.05, 0) is 121 Å². The lowest BCUT2D eigenvalue weighted by Crippen LogP contribution is -2.40. The number of hydrogen-bond donors (Lipinski definition) is 7. The maximum atomic E-state index is 14.7. The number of thioether (sulfide) groups is 2. The van der Waals surface area contributed by atoms with E-state index in [4.69, 9.17) is 10.5 Å². The van der Waals surface area contributed by atoms with Gasteiger partial charge in [0.1, 0.15) is 22.1 Å². The van der Waals surface area contributed by atoms with Crippen molar-refractivity contribution in [2.75, 3.05) is 90.1 Å². The highest BCUT2D eigenvalue weighted by Crippen LogP contribution is 2.51. The Labute approximate surface area is 471 Å². The van der Waals surface area contributed by atoms with Gasteiger partial charge in [-0.15, -0.1) is 23.5 Å². The Bertz CT molecular complexity index is 3600. The molecule has 79 heavy (non-hydrogen) atoms. The van der Waals surface area contributed by atoms with E-state index < -0.39 is 70.6 Å². The van der Waals surface area contributed by atoms with Crippen molar-refractivity contribution in [3.05, 3.63) is 96.1 Å². The number of sulfonamides is 5. The summed E-state index contributed by atoms with van der Waals surface area (Å²) in [6.07, 6.45) is -0.203. The quantitative estimate of drug-likeness (QED) is 0.0289. The molecule has 5 aromatic rings. The van der Waals surface area contributed by atoms with Crippen LogP contribution in [-0.4, -0.2) is 165 Å². The maximum Gasteiger partial charge on any atom is 0.261 e. The highest BCUT2D eigenvalue weighted by molar-refractivity contribution is 8.01. The molecule has 5 aromatic carbocycles. The molecule has 29 heteroatoms. The van der Waals surface area contributed by atoms with Gasteiger partial charge in [-0.25, -0.2) is 51.5 Å². The van der Waals surface area contributed by atoms with Gasteiger partial charge in [0.05, 0.1) is 49.2 Å². The average Bonchev–Trinajstić information content (AvgIpc) is 3.90. The van der Waals surface area contributed by atoms with Crippen LogP contribution >= 0.6 is 23.5 Å². The van der Waals surface area contributed by atoms with Gasteiger partial charge in [0.2, 0.25) is 40.1 Å². The third kappa shape index (κ3) is 13.2. The first kappa shape index (κ1) is 60.6. The number of rotatable bonds is 21. The predicted molar refractivity (Wildman–Crippen MR) is 306 cm³/mol. The van der Waals surface area contributed by atoms with Crippen LogP contribution in [0.1, 0.15) is 62.4 Å². The van der Waals surface area contributed by atoms with Crippen molar-refractivity contribution in [2.24, 2.45) is 0 Å². The van der Waals surface area contributed by atoms with E-state index in [2.05, 4.69) is 14.2 Å². The lowest BCUT2D eigenvalue weighted by atomic mass is 10.1. The standard InChI is InChI=1S/C50H66N8O14S7/c1-49(2)31-55(5)47(73-49)38-28-34(15-17-42(38)59)75(62,63)52-19-9-21-57(22-10-20-53-76(64,65)35-16-18-43(60)39(29-35)48-56(6)32-50(3,4)74-48)78(68,69)36-12-7-11-33(27-36)77(66,67)54-41-14-8-13-37-45(41)40(51)30-44(46(37)61)79(70,71)58-23-25-72-26-24-58/h7-8,11-18,27-30,47-48,52-54,59-61H,9-10,19-26,31-32,51H2,1-6H3. The van der Waals surface area contributed by atoms with Gasteiger partial charge in [-0.1, -0.05) is 18.2 Å². The summed E-state index contributed by atoms with van der Waals surface area (Å²) in [6, 6.07) is 17.5. The first-order chi connectivity index (χ1) is 36.8. The molecule has 3 aliphatic heterocycles. The zero-order valence-electron chi connectivity index (χ0n) is 44.3. The molecule has 0 aromatic heterocycles. The minimum absolute atomic E-state index is 0.0312. The Morgan fingerprint density at radius 3 is 1.62 bits per heavy atom. The van der Waals surface area contributed by atoms with Crippen molar-refractivity contribution >= 4 is 95.8 Å². The van der Waals surface area contributed by atoms with Gasteiger partial charge in [-0.3, -0.25) is 14.5 Å². The Kier molecular flexibility index (Phi) is 17.7. The van der Waals surface area contributed by atoms with Crippen molar-refractivity contribution in [2.45, 2.75) is 85.3 Å². The highest BCUT2D eigenvalue weighted by Gasteiger charge is 2.40. The number of phenolic OH excluding ortho intramolecular Hbond substituents is 3. The molecular formula is C50H66N8O14S7. The number of fused-ring (bicyclic) bond motifs is 1. The van der Waals surface area contributed by atoms with Gasteiger partial charge in [0.15, 0.2) is 0 Å². The van der Waals surface area contributed by atoms with E-state index >= 15 is 0 Å². The zero-order valence-corrected chi connectivity index (χ0v) is 50.0. The molecular weight excluding hydrogens is 1160 g/mol. The fraction of sp³-hybridized carbons (Fsp3) is 0.440. The molecule has 3 fully saturated rings. The molecule has 2 unspecified atom stereocenters. The summed E-state index contributed by atoms with van der Waals surface area (Å²) in [6.45, 7) is 8.77. The number of ether oxygens (including phenoxy) is 1. The highest BCUT2D eigenvalue weighted by atomic mass is 32.2. The number of hydrogen-bond acceptors (Lipinski definition) is 19. The number of nitrogen functional groups attached to an aromatic ring is 1. The smallest absolute Gasteiger partial charge is 0.261 e. The van der Waals surface area contributed by atoms with Gasteiger partial charge in [-0.2, -0.15) is 8.61 Å². The molecule has 0 aliphatic carbocycles. The van der Waals surface area contributed by atoms with Crippen LogP contribution in [-0.2, 0) is 54.9 Å². The summed E-state index contributed by atoms with van der Waals surface area (Å²) in [7, 11) is -18.2. The second-order valence-corrected chi connectivity index (χ2v) is 33.4. The lowest BCUT2D eigenvalue weighted by molar-refractivity contribution is 0.0730. The molecule has 0 bridgehead atoms. The van der Waals surface area contributed by atoms with E-state index in [-0.39, 0.29) is 129 Å². The number of anilines is 2. The van der Waals surface area contributed by atoms with E-state index in [0.717, 1.165) is 26.8 Å². The number of aromatic hydroxyl groups is 3. The van der Waals surface area contributed by atoms with E-state index in [1.165, 1.54) is 66.7 Å². The van der Waals surface area contributed by atoms with Gasteiger partial charge < -0.3 is 25.8 Å². The van der Waals surface area contributed by atoms with Crippen molar-refractivity contribution in [3.63, 3.8) is 0 Å². The van der Waals surface area contributed by atoms with Crippen LogP contribution < -0.4 is 19.9 Å². The Hall–Kier alpha value is -4.47. The molecule has 0 amide bonds. The molecule has 2 atom stereocenters. The average molecular weight is 1230 g/mol. The van der Waals surface area contributed by atoms with Crippen molar-refractivity contribution in [1.29, 1.82) is 0 Å². The lowest BCUT2D eigenvalue weighted by Gasteiger charge is -2.26. The van der Waals surface area contributed by atoms with Crippen LogP contribution in [0, 0.1) is 0 Å². The van der Waals surface area contributed by atoms with Crippen LogP contribution in [0.15, 0.2) is 109 Å². The third-order valence-corrected chi connectivity index (χ3v) is 24.8. The third-order valence-electron chi connectivity index (χ3n) is 13.5. The Balaban J connectivity index is 1.02. The summed E-state index contributed by atoms with van der Waals surface area (Å²) >= 11 is 3.16. The number of nitrogens with two attached hydrogens (primary N) is 1. The fourth-order valence-electron chi connectivity index (χ4n) is 9.90. The van der Waals surface area contributed by atoms with Crippen molar-refractivity contribution in [1.82, 2.24) is 27.9 Å². The SMILES string of the molecule is CN1CC(C)(C)SC1c1cc(S(=O)(=O)NCCCN(CCCNS(=O)(=O)c2ccc(O)c(C3SC(C)(C)CN3C)c2)S(=O)(=O)c2cccc(S(=O)(=O)Nc3cccc4c(O)c(S(=O)(=O)N5CCOCC5)cc(N)c34)c2)ccc1O. The largest absolute Gasteiger partial charge is 0.508 e. The number of nitrogens with zero attached hydrogens (tertiary/aromatic N) is 4. The monoisotopic (exact) mass is 1230 g/mol. The summed E-state index contributed by atoms with van der Waals surface area (Å²) in [5, 5.41) is 32.1. The molecule has 3 heterocycles. The normalized spacial score (nSPS) is 19.8. The maximum absolute atomic E-state index is 14.7. The Morgan fingerprint density at radius 2 is 1.13 bits per heavy atom. The van der Waals surface area contributed by atoms with Crippen LogP contribution in [0.25, 0.3) is 10.8 Å². The van der Waals surface area contributed by atoms with E-state index in [0.29, 0.717) is 24.2 Å². The first-order valence-electron chi connectivity index (χ1n) is 25.0. The molecule has 8 N–H and O–H groups in total. The number of phenols is 3. The summed E-state index contributed by atoms with van der Waals surface area (Å²) in [5.74, 6) is -0.811. The number of morpholine rings is 1. The van der Waals surface area contributed by atoms with Gasteiger partial charge >= 0.3 is 0 Å². The summed E-state index contributed by atoms with van der Waals surface area (Å²) < 4.78 is 154. The zero-order chi connectivity index (χ0) is 57.7. The van der Waals surface area contributed by atoms with Gasteiger partial charge in [0, 0.05) is 89.4 Å². The topological polar surface area (TPSA) is 316 Å². The molecule has 0 radical (unpaired) electrons. The number of nitrogens with one attached hydrogen (secondary N) is 3. The van der Waals surface area contributed by atoms with Crippen molar-refractivity contribution < 1.29 is 62.1 Å². The summed E-state index contributed by atoms with van der Waals surface area (Å²) in [5.41, 5.74) is 6.87. The van der Waals surface area contributed by atoms with Crippen LogP contribution in [0.5, 0.6) is 17.2 Å². The minimum Gasteiger partial charge on any atom is -0.508 e. The molecule has 0 saturated carbocycles. The van der Waals surface area contributed by atoms with Crippen LogP contribution in [0.4, 0.5) is 11.4 Å². The van der Waals surface area contributed by atoms with Crippen LogP contribution in [0.2, 0.25) is 0 Å². The van der Waals surface area contributed by atoms with E-state index in [1.807, 2.05) is 51.6 Å². The predicted octanol–water partition coefficient (Wildman–Crippen LogP) is 5.00. The van der Waals surface area contributed by atoms with Crippen molar-refractivity contribution in [3.8, 4) is 17.2 Å². The molecule has 432 valence electrons. The fourth-order valence-corrected chi connectivity index (χ4v) is 19.3. The van der Waals surface area contributed by atoms with Gasteiger partial charge in [0.25, 0.3) is 10.0 Å². The van der Waals surface area contributed by atoms with Crippen LogP contribution in [0.3, 0.4) is 0 Å². The molecule has 0 spiro atoms. The van der Waals surface area contributed by atoms with E-state index in [9.17, 15) is 57.4 Å². The number of benzene rings is 5. The molecule has 8 rings (SSSR count). The Morgan fingerprint density at radius 1 is 0.646 bits per heavy atom.